The topological polar surface area (TPSA) is 55.2 Å². The van der Waals surface area contributed by atoms with Crippen LogP contribution >= 0.6 is 0 Å². The molecule has 0 saturated carbocycles. The van der Waals surface area contributed by atoms with Gasteiger partial charge in [0.15, 0.2) is 0 Å². The van der Waals surface area contributed by atoms with E-state index >= 15 is 0 Å². The third-order valence-electron chi connectivity index (χ3n) is 3.20. The van der Waals surface area contributed by atoms with Crippen LogP contribution in [0.1, 0.15) is 24.0 Å². The predicted molar refractivity (Wildman–Crippen MR) is 62.6 cm³/mol. The average Bonchev–Trinajstić information content (AvgIpc) is 2.73. The van der Waals surface area contributed by atoms with Gasteiger partial charge in [-0.2, -0.15) is 0 Å². The first-order valence-electron chi connectivity index (χ1n) is 5.65. The van der Waals surface area contributed by atoms with E-state index in [9.17, 15) is 10.1 Å². The number of benzene rings is 1. The molecule has 2 rings (SSSR count). The summed E-state index contributed by atoms with van der Waals surface area (Å²) >= 11 is 0. The molecule has 4 heteroatoms. The first-order chi connectivity index (χ1) is 7.68. The van der Waals surface area contributed by atoms with E-state index in [0.29, 0.717) is 6.04 Å². The molecule has 1 fully saturated rings. The molecule has 0 aromatic heterocycles. The zero-order chi connectivity index (χ0) is 11.5. The predicted octanol–water partition coefficient (Wildman–Crippen LogP) is 2.20. The lowest BCUT2D eigenvalue weighted by Gasteiger charge is -2.12. The Kier molecular flexibility index (Phi) is 3.19. The molecule has 0 bridgehead atoms. The molecule has 1 heterocycles. The molecule has 1 unspecified atom stereocenters. The summed E-state index contributed by atoms with van der Waals surface area (Å²) < 4.78 is 0. The molecule has 1 aliphatic heterocycles. The van der Waals surface area contributed by atoms with Gasteiger partial charge in [-0.05, 0) is 38.3 Å². The SMILES string of the molecule is Cc1cccc([N+](=O)[O-])c1CC1CCCN1. The molecule has 0 aliphatic carbocycles. The van der Waals surface area contributed by atoms with E-state index in [4.69, 9.17) is 0 Å². The average molecular weight is 220 g/mol. The Labute approximate surface area is 94.8 Å². The van der Waals surface area contributed by atoms with Crippen molar-refractivity contribution in [3.63, 3.8) is 0 Å². The van der Waals surface area contributed by atoms with E-state index in [0.717, 1.165) is 30.5 Å². The Balaban J connectivity index is 2.26. The van der Waals surface area contributed by atoms with Crippen molar-refractivity contribution in [2.45, 2.75) is 32.2 Å². The number of hydrogen-bond donors (Lipinski definition) is 1. The molecular weight excluding hydrogens is 204 g/mol. The third kappa shape index (κ3) is 2.22. The summed E-state index contributed by atoms with van der Waals surface area (Å²) in [5.41, 5.74) is 2.16. The Morgan fingerprint density at radius 1 is 1.56 bits per heavy atom. The molecule has 1 aromatic carbocycles. The van der Waals surface area contributed by atoms with Crippen LogP contribution < -0.4 is 5.32 Å². The number of nitrogens with one attached hydrogen (secondary N) is 1. The van der Waals surface area contributed by atoms with Gasteiger partial charge in [-0.15, -0.1) is 0 Å². The van der Waals surface area contributed by atoms with Gasteiger partial charge in [0, 0.05) is 17.7 Å². The molecule has 86 valence electrons. The zero-order valence-electron chi connectivity index (χ0n) is 9.40. The fourth-order valence-electron chi connectivity index (χ4n) is 2.30. The van der Waals surface area contributed by atoms with Crippen LogP contribution in [0.2, 0.25) is 0 Å². The summed E-state index contributed by atoms with van der Waals surface area (Å²) in [7, 11) is 0. The minimum absolute atomic E-state index is 0.258. The van der Waals surface area contributed by atoms with Crippen LogP contribution in [0.4, 0.5) is 5.69 Å². The number of nitrogens with zero attached hydrogens (tertiary/aromatic N) is 1. The van der Waals surface area contributed by atoms with Crippen LogP contribution in [0.3, 0.4) is 0 Å². The van der Waals surface area contributed by atoms with Crippen molar-refractivity contribution in [2.75, 3.05) is 6.54 Å². The van der Waals surface area contributed by atoms with Crippen molar-refractivity contribution in [3.05, 3.63) is 39.4 Å². The molecule has 1 N–H and O–H groups in total. The maximum Gasteiger partial charge on any atom is 0.272 e. The second-order valence-electron chi connectivity index (χ2n) is 4.33. The highest BCUT2D eigenvalue weighted by Gasteiger charge is 2.21. The van der Waals surface area contributed by atoms with Gasteiger partial charge < -0.3 is 5.32 Å². The van der Waals surface area contributed by atoms with Crippen LogP contribution in [0.15, 0.2) is 18.2 Å². The van der Waals surface area contributed by atoms with Crippen molar-refractivity contribution in [1.29, 1.82) is 0 Å². The quantitative estimate of drug-likeness (QED) is 0.627. The zero-order valence-corrected chi connectivity index (χ0v) is 9.40. The van der Waals surface area contributed by atoms with Crippen molar-refractivity contribution in [2.24, 2.45) is 0 Å². The van der Waals surface area contributed by atoms with Crippen LogP contribution in [0, 0.1) is 17.0 Å². The van der Waals surface area contributed by atoms with Crippen molar-refractivity contribution in [1.82, 2.24) is 5.32 Å². The first-order valence-corrected chi connectivity index (χ1v) is 5.65. The van der Waals surface area contributed by atoms with E-state index in [1.165, 1.54) is 6.42 Å². The second-order valence-corrected chi connectivity index (χ2v) is 4.33. The lowest BCUT2D eigenvalue weighted by atomic mass is 9.98. The highest BCUT2D eigenvalue weighted by atomic mass is 16.6. The minimum atomic E-state index is -0.280. The fourth-order valence-corrected chi connectivity index (χ4v) is 2.30. The Morgan fingerprint density at radius 2 is 2.38 bits per heavy atom. The van der Waals surface area contributed by atoms with Gasteiger partial charge in [-0.25, -0.2) is 0 Å². The highest BCUT2D eigenvalue weighted by Crippen LogP contribution is 2.25. The molecule has 16 heavy (non-hydrogen) atoms. The minimum Gasteiger partial charge on any atom is -0.314 e. The fraction of sp³-hybridized carbons (Fsp3) is 0.500. The van der Waals surface area contributed by atoms with Gasteiger partial charge in [-0.3, -0.25) is 10.1 Å². The van der Waals surface area contributed by atoms with E-state index in [-0.39, 0.29) is 10.6 Å². The van der Waals surface area contributed by atoms with Crippen LogP contribution in [0.5, 0.6) is 0 Å². The van der Waals surface area contributed by atoms with Gasteiger partial charge in [0.1, 0.15) is 0 Å². The monoisotopic (exact) mass is 220 g/mol. The summed E-state index contributed by atoms with van der Waals surface area (Å²) in [5.74, 6) is 0. The highest BCUT2D eigenvalue weighted by molar-refractivity contribution is 5.45. The van der Waals surface area contributed by atoms with Crippen LogP contribution in [-0.4, -0.2) is 17.5 Å². The largest absolute Gasteiger partial charge is 0.314 e. The lowest BCUT2D eigenvalue weighted by Crippen LogP contribution is -2.24. The Hall–Kier alpha value is -1.42. The van der Waals surface area contributed by atoms with E-state index < -0.39 is 0 Å². The molecule has 0 radical (unpaired) electrons. The summed E-state index contributed by atoms with van der Waals surface area (Å²) in [6, 6.07) is 5.69. The molecule has 1 aliphatic rings. The van der Waals surface area contributed by atoms with Gasteiger partial charge in [0.2, 0.25) is 0 Å². The maximum atomic E-state index is 10.9. The third-order valence-corrected chi connectivity index (χ3v) is 3.20. The molecule has 1 aromatic rings. The molecule has 0 spiro atoms. The summed E-state index contributed by atoms with van der Waals surface area (Å²) in [6.07, 6.45) is 3.05. The molecule has 4 nitrogen and oxygen atoms in total. The number of nitro groups is 1. The number of hydrogen-bond acceptors (Lipinski definition) is 3. The first kappa shape index (κ1) is 11.1. The van der Waals surface area contributed by atoms with Crippen molar-refractivity contribution >= 4 is 5.69 Å². The molecule has 1 saturated heterocycles. The Morgan fingerprint density at radius 3 is 3.00 bits per heavy atom. The van der Waals surface area contributed by atoms with E-state index in [1.54, 1.807) is 12.1 Å². The van der Waals surface area contributed by atoms with Crippen molar-refractivity contribution in [3.8, 4) is 0 Å². The van der Waals surface area contributed by atoms with Crippen LogP contribution in [0.25, 0.3) is 0 Å². The number of rotatable bonds is 3. The van der Waals surface area contributed by atoms with Crippen LogP contribution in [-0.2, 0) is 6.42 Å². The standard InChI is InChI=1S/C12H16N2O2/c1-9-4-2-6-12(14(15)16)11(9)8-10-5-3-7-13-10/h2,4,6,10,13H,3,5,7-8H2,1H3. The van der Waals surface area contributed by atoms with Gasteiger partial charge in [-0.1, -0.05) is 12.1 Å². The summed E-state index contributed by atoms with van der Waals surface area (Å²) in [4.78, 5) is 10.7. The number of nitro benzene ring substituents is 1. The van der Waals surface area contributed by atoms with Crippen molar-refractivity contribution < 1.29 is 4.92 Å². The van der Waals surface area contributed by atoms with E-state index in [2.05, 4.69) is 5.32 Å². The van der Waals surface area contributed by atoms with E-state index in [1.807, 2.05) is 13.0 Å². The number of aryl methyl sites for hydroxylation is 1. The summed E-state index contributed by atoms with van der Waals surface area (Å²) in [6.45, 7) is 2.97. The van der Waals surface area contributed by atoms with Gasteiger partial charge in [0.05, 0.1) is 4.92 Å². The second kappa shape index (κ2) is 4.61. The van der Waals surface area contributed by atoms with Gasteiger partial charge in [0.25, 0.3) is 5.69 Å². The maximum absolute atomic E-state index is 10.9. The molecule has 1 atom stereocenters. The normalized spacial score (nSPS) is 19.9. The lowest BCUT2D eigenvalue weighted by molar-refractivity contribution is -0.385. The molecular formula is C12H16N2O2. The smallest absolute Gasteiger partial charge is 0.272 e. The summed E-state index contributed by atoms with van der Waals surface area (Å²) in [5, 5.41) is 14.3. The Bertz CT molecular complexity index is 398. The van der Waals surface area contributed by atoms with Gasteiger partial charge >= 0.3 is 0 Å². The molecule has 0 amide bonds.